The van der Waals surface area contributed by atoms with Crippen molar-refractivity contribution in [2.45, 2.75) is 37.9 Å². The molecule has 0 aromatic heterocycles. The highest BCUT2D eigenvalue weighted by molar-refractivity contribution is 8.08. The molecule has 0 aliphatic carbocycles. The Kier molecular flexibility index (Phi) is 1.77. The maximum atomic E-state index is 5.40. The average Bonchev–Trinajstić information content (AvgIpc) is 2.49. The molecule has 70 valence electrons. The first kappa shape index (κ1) is 8.85. The van der Waals surface area contributed by atoms with Crippen LogP contribution in [0.5, 0.6) is 0 Å². The molecule has 2 aliphatic rings. The second kappa shape index (κ2) is 2.40. The molecule has 0 aromatic rings. The Morgan fingerprint density at radius 3 is 2.42 bits per heavy atom. The van der Waals surface area contributed by atoms with Crippen LogP contribution in [0.15, 0.2) is 0 Å². The van der Waals surface area contributed by atoms with E-state index in [1.54, 1.807) is 0 Å². The van der Waals surface area contributed by atoms with Gasteiger partial charge in [0.2, 0.25) is 0 Å². The highest BCUT2D eigenvalue weighted by atomic mass is 32.2. The Hall–Kier alpha value is 0.270. The lowest BCUT2D eigenvalue weighted by atomic mass is 9.74. The van der Waals surface area contributed by atoms with Gasteiger partial charge in [0.1, 0.15) is 0 Å². The lowest BCUT2D eigenvalue weighted by Crippen LogP contribution is -2.38. The van der Waals surface area contributed by atoms with Crippen LogP contribution < -0.4 is 0 Å². The highest BCUT2D eigenvalue weighted by Gasteiger charge is 2.71. The third-order valence-corrected chi connectivity index (χ3v) is 5.11. The van der Waals surface area contributed by atoms with Gasteiger partial charge in [-0.25, -0.2) is 9.78 Å². The van der Waals surface area contributed by atoms with Gasteiger partial charge in [-0.2, -0.15) is 0 Å². The van der Waals surface area contributed by atoms with E-state index >= 15 is 0 Å². The molecule has 0 amide bonds. The predicted molar refractivity (Wildman–Crippen MR) is 49.8 cm³/mol. The Balaban J connectivity index is 2.25. The van der Waals surface area contributed by atoms with Crippen molar-refractivity contribution in [3.05, 3.63) is 0 Å². The molecule has 2 heterocycles. The van der Waals surface area contributed by atoms with Crippen molar-refractivity contribution in [1.29, 1.82) is 0 Å². The summed E-state index contributed by atoms with van der Waals surface area (Å²) in [6.07, 6.45) is 0. The molecule has 2 nitrogen and oxygen atoms in total. The van der Waals surface area contributed by atoms with Crippen molar-refractivity contribution < 1.29 is 9.78 Å². The van der Waals surface area contributed by atoms with Gasteiger partial charge in [0.25, 0.3) is 0 Å². The van der Waals surface area contributed by atoms with E-state index in [0.29, 0.717) is 11.2 Å². The number of rotatable bonds is 1. The van der Waals surface area contributed by atoms with Gasteiger partial charge in [-0.05, 0) is 12.8 Å². The van der Waals surface area contributed by atoms with Gasteiger partial charge in [-0.1, -0.05) is 20.8 Å². The molecule has 1 spiro atoms. The highest BCUT2D eigenvalue weighted by Crippen LogP contribution is 2.68. The third-order valence-electron chi connectivity index (χ3n) is 3.44. The minimum absolute atomic E-state index is 0.0266. The normalized spacial score (nSPS) is 52.2. The quantitative estimate of drug-likeness (QED) is 0.465. The molecule has 2 saturated heterocycles. The molecular weight excluding hydrogens is 172 g/mol. The summed E-state index contributed by atoms with van der Waals surface area (Å²) in [5.41, 5.74) is 0.192. The van der Waals surface area contributed by atoms with Crippen LogP contribution in [0, 0.1) is 11.3 Å². The summed E-state index contributed by atoms with van der Waals surface area (Å²) >= 11 is 1.89. The Morgan fingerprint density at radius 2 is 2.08 bits per heavy atom. The Morgan fingerprint density at radius 1 is 1.50 bits per heavy atom. The molecule has 0 N–H and O–H groups in total. The van der Waals surface area contributed by atoms with Gasteiger partial charge >= 0.3 is 0 Å². The molecule has 3 heteroatoms. The van der Waals surface area contributed by atoms with Crippen molar-refractivity contribution in [2.24, 2.45) is 11.3 Å². The second-order valence-electron chi connectivity index (χ2n) is 4.35. The molecule has 0 bridgehead atoms. The molecule has 12 heavy (non-hydrogen) atoms. The van der Waals surface area contributed by atoms with E-state index in [1.807, 2.05) is 11.8 Å². The summed E-state index contributed by atoms with van der Waals surface area (Å²) in [5, 5.41) is 0.590. The van der Waals surface area contributed by atoms with Crippen molar-refractivity contribution in [2.75, 3.05) is 6.61 Å². The van der Waals surface area contributed by atoms with Crippen LogP contribution in [-0.4, -0.2) is 16.8 Å². The smallest absolute Gasteiger partial charge is 0.168 e. The zero-order chi connectivity index (χ0) is 8.98. The maximum Gasteiger partial charge on any atom is 0.168 e. The lowest BCUT2D eigenvalue weighted by Gasteiger charge is -2.30. The monoisotopic (exact) mass is 188 g/mol. The van der Waals surface area contributed by atoms with E-state index in [2.05, 4.69) is 27.7 Å². The van der Waals surface area contributed by atoms with Gasteiger partial charge in [-0.15, -0.1) is 11.8 Å². The first-order valence-corrected chi connectivity index (χ1v) is 5.39. The molecule has 0 radical (unpaired) electrons. The maximum absolute atomic E-state index is 5.40. The van der Waals surface area contributed by atoms with E-state index in [0.717, 1.165) is 6.61 Å². The zero-order valence-electron chi connectivity index (χ0n) is 8.09. The Labute approximate surface area is 77.9 Å². The summed E-state index contributed by atoms with van der Waals surface area (Å²) in [6.45, 7) is 9.69. The zero-order valence-corrected chi connectivity index (χ0v) is 8.90. The van der Waals surface area contributed by atoms with Crippen LogP contribution in [0.1, 0.15) is 27.7 Å². The summed E-state index contributed by atoms with van der Waals surface area (Å²) in [6, 6.07) is 0. The van der Waals surface area contributed by atoms with E-state index in [1.165, 1.54) is 0 Å². The van der Waals surface area contributed by atoms with Crippen molar-refractivity contribution in [1.82, 2.24) is 0 Å². The first-order valence-electron chi connectivity index (χ1n) is 4.51. The largest absolute Gasteiger partial charge is 0.234 e. The van der Waals surface area contributed by atoms with Crippen LogP contribution in [0.4, 0.5) is 0 Å². The molecule has 2 rings (SSSR count). The van der Waals surface area contributed by atoms with E-state index in [4.69, 9.17) is 9.78 Å². The predicted octanol–water partition coefficient (Wildman–Crippen LogP) is 2.44. The molecule has 0 aromatic carbocycles. The first-order chi connectivity index (χ1) is 5.53. The van der Waals surface area contributed by atoms with Crippen molar-refractivity contribution >= 4 is 11.8 Å². The summed E-state index contributed by atoms with van der Waals surface area (Å²) in [5.74, 6) is 0.609. The van der Waals surface area contributed by atoms with Crippen LogP contribution in [0.25, 0.3) is 0 Å². The summed E-state index contributed by atoms with van der Waals surface area (Å²) in [7, 11) is 0. The van der Waals surface area contributed by atoms with E-state index in [9.17, 15) is 0 Å². The summed E-state index contributed by atoms with van der Waals surface area (Å²) < 4.78 is 0. The Bertz CT molecular complexity index is 207. The SMILES string of the molecule is CC(C)C1(C)COOC12SC2C. The van der Waals surface area contributed by atoms with Gasteiger partial charge in [0, 0.05) is 10.7 Å². The minimum atomic E-state index is -0.0266. The van der Waals surface area contributed by atoms with E-state index < -0.39 is 0 Å². The van der Waals surface area contributed by atoms with Crippen LogP contribution >= 0.6 is 11.8 Å². The lowest BCUT2D eigenvalue weighted by molar-refractivity contribution is -0.276. The fourth-order valence-corrected chi connectivity index (χ4v) is 3.34. The van der Waals surface area contributed by atoms with Gasteiger partial charge in [-0.3, -0.25) is 0 Å². The molecule has 3 atom stereocenters. The van der Waals surface area contributed by atoms with E-state index in [-0.39, 0.29) is 10.3 Å². The van der Waals surface area contributed by atoms with Crippen LogP contribution in [0.3, 0.4) is 0 Å². The standard InChI is InChI=1S/C9H16O2S/c1-6(2)8(4)5-10-11-9(8)7(3)12-9/h6-7H,5H2,1-4H3. The topological polar surface area (TPSA) is 18.5 Å². The summed E-state index contributed by atoms with van der Waals surface area (Å²) in [4.78, 5) is 10.5. The fraction of sp³-hybridized carbons (Fsp3) is 1.00. The van der Waals surface area contributed by atoms with Gasteiger partial charge < -0.3 is 0 Å². The van der Waals surface area contributed by atoms with Crippen molar-refractivity contribution in [3.63, 3.8) is 0 Å². The van der Waals surface area contributed by atoms with Crippen LogP contribution in [-0.2, 0) is 9.78 Å². The minimum Gasteiger partial charge on any atom is -0.234 e. The van der Waals surface area contributed by atoms with Gasteiger partial charge in [0.05, 0.1) is 6.61 Å². The molecular formula is C9H16O2S. The van der Waals surface area contributed by atoms with Crippen molar-refractivity contribution in [3.8, 4) is 0 Å². The second-order valence-corrected chi connectivity index (χ2v) is 5.89. The molecule has 2 aliphatic heterocycles. The molecule has 3 unspecified atom stereocenters. The average molecular weight is 188 g/mol. The van der Waals surface area contributed by atoms with Crippen LogP contribution in [0.2, 0.25) is 0 Å². The van der Waals surface area contributed by atoms with Gasteiger partial charge in [0.15, 0.2) is 4.93 Å². The number of hydrogen-bond acceptors (Lipinski definition) is 3. The number of thioether (sulfide) groups is 1. The molecule has 2 fully saturated rings. The third kappa shape index (κ3) is 0.847. The molecule has 0 saturated carbocycles. The fourth-order valence-electron chi connectivity index (χ4n) is 1.92. The number of hydrogen-bond donors (Lipinski definition) is 0.